The number of carboxylic acids is 1. The van der Waals surface area contributed by atoms with E-state index in [4.69, 9.17) is 5.73 Å². The molecule has 158 valence electrons. The van der Waals surface area contributed by atoms with Crippen molar-refractivity contribution in [2.24, 2.45) is 10.7 Å². The molecule has 0 unspecified atom stereocenters. The standard InChI is InChI=1S/C18H17F6N3O2/c1-9(14(15(28)29)26-16(25)18(22,23)24)10(2)27-6-5-11-3-4-13(17(19,20)21)7-12(11)8-27/h3-4,7H,2,5-6,8H2,1H3,(H2,25,26)(H,28,29)/b14-9-. The number of nitrogens with two attached hydrogens (primary N) is 1. The van der Waals surface area contributed by atoms with E-state index in [1.807, 2.05) is 0 Å². The molecule has 1 heterocycles. The molecule has 0 spiro atoms. The van der Waals surface area contributed by atoms with Crippen molar-refractivity contribution in [2.75, 3.05) is 6.54 Å². The number of allylic oxidation sites excluding steroid dienone is 1. The molecule has 29 heavy (non-hydrogen) atoms. The third-order valence-corrected chi connectivity index (χ3v) is 4.44. The zero-order valence-corrected chi connectivity index (χ0v) is 15.2. The minimum Gasteiger partial charge on any atom is -0.477 e. The van der Waals surface area contributed by atoms with E-state index >= 15 is 0 Å². The quantitative estimate of drug-likeness (QED) is 0.255. The van der Waals surface area contributed by atoms with Crippen molar-refractivity contribution < 1.29 is 36.2 Å². The molecule has 0 bridgehead atoms. The van der Waals surface area contributed by atoms with Crippen molar-refractivity contribution in [1.29, 1.82) is 0 Å². The first-order chi connectivity index (χ1) is 13.2. The molecule has 11 heteroatoms. The van der Waals surface area contributed by atoms with Gasteiger partial charge in [-0.3, -0.25) is 0 Å². The molecule has 1 aromatic rings. The molecule has 0 atom stereocenters. The number of hydrogen-bond donors (Lipinski definition) is 2. The number of aliphatic carboxylic acids is 1. The van der Waals surface area contributed by atoms with Crippen LogP contribution in [0.2, 0.25) is 0 Å². The fraction of sp³-hybridized carbons (Fsp3) is 0.333. The summed E-state index contributed by atoms with van der Waals surface area (Å²) in [6.45, 7) is 5.17. The average Bonchev–Trinajstić information content (AvgIpc) is 2.61. The number of benzene rings is 1. The topological polar surface area (TPSA) is 78.9 Å². The van der Waals surface area contributed by atoms with Crippen molar-refractivity contribution in [3.63, 3.8) is 0 Å². The van der Waals surface area contributed by atoms with E-state index in [1.165, 1.54) is 17.9 Å². The maximum atomic E-state index is 12.9. The second kappa shape index (κ2) is 7.80. The molecule has 0 amide bonds. The monoisotopic (exact) mass is 421 g/mol. The lowest BCUT2D eigenvalue weighted by molar-refractivity contribution is -0.137. The van der Waals surface area contributed by atoms with Crippen LogP contribution in [-0.2, 0) is 23.9 Å². The largest absolute Gasteiger partial charge is 0.477 e. The van der Waals surface area contributed by atoms with E-state index in [2.05, 4.69) is 11.6 Å². The molecular formula is C18H17F6N3O2. The van der Waals surface area contributed by atoms with Gasteiger partial charge in [0.2, 0.25) is 5.84 Å². The van der Waals surface area contributed by atoms with Gasteiger partial charge in [0.25, 0.3) is 0 Å². The molecule has 1 aliphatic rings. The number of nitrogens with zero attached hydrogens (tertiary/aromatic N) is 2. The lowest BCUT2D eigenvalue weighted by atomic mass is 9.96. The van der Waals surface area contributed by atoms with Crippen molar-refractivity contribution in [3.05, 3.63) is 58.4 Å². The van der Waals surface area contributed by atoms with E-state index in [0.717, 1.165) is 12.1 Å². The Morgan fingerprint density at radius 3 is 2.34 bits per heavy atom. The number of carboxylic acid groups (broad SMARTS) is 1. The third-order valence-electron chi connectivity index (χ3n) is 4.44. The Hall–Kier alpha value is -2.98. The maximum Gasteiger partial charge on any atom is 0.448 e. The molecule has 0 radical (unpaired) electrons. The Bertz CT molecular complexity index is 900. The molecule has 0 saturated heterocycles. The summed E-state index contributed by atoms with van der Waals surface area (Å²) in [5.41, 5.74) is 3.95. The molecule has 0 fully saturated rings. The smallest absolute Gasteiger partial charge is 0.448 e. The first-order valence-corrected chi connectivity index (χ1v) is 8.20. The van der Waals surface area contributed by atoms with Crippen molar-refractivity contribution >= 4 is 11.8 Å². The minimum atomic E-state index is -5.01. The summed E-state index contributed by atoms with van der Waals surface area (Å²) in [5, 5.41) is 9.22. The van der Waals surface area contributed by atoms with E-state index in [9.17, 15) is 36.2 Å². The molecule has 3 N–H and O–H groups in total. The first-order valence-electron chi connectivity index (χ1n) is 8.20. The number of alkyl halides is 6. The van der Waals surface area contributed by atoms with E-state index in [0.29, 0.717) is 24.1 Å². The second-order valence-electron chi connectivity index (χ2n) is 6.37. The van der Waals surface area contributed by atoms with E-state index in [-0.39, 0.29) is 17.8 Å². The number of rotatable bonds is 4. The highest BCUT2D eigenvalue weighted by Gasteiger charge is 2.35. The van der Waals surface area contributed by atoms with Gasteiger partial charge in [-0.25, -0.2) is 9.79 Å². The van der Waals surface area contributed by atoms with Gasteiger partial charge in [0, 0.05) is 24.4 Å². The summed E-state index contributed by atoms with van der Waals surface area (Å²) in [5.74, 6) is -3.58. The Kier molecular flexibility index (Phi) is 6.00. The van der Waals surface area contributed by atoms with Crippen molar-refractivity contribution in [1.82, 2.24) is 4.90 Å². The van der Waals surface area contributed by atoms with Crippen LogP contribution in [0.3, 0.4) is 0 Å². The summed E-state index contributed by atoms with van der Waals surface area (Å²) in [6.07, 6.45) is -9.18. The van der Waals surface area contributed by atoms with Gasteiger partial charge in [0.1, 0.15) is 0 Å². The molecule has 0 aromatic heterocycles. The maximum absolute atomic E-state index is 12.9. The van der Waals surface area contributed by atoms with Crippen LogP contribution in [-0.4, -0.2) is 34.5 Å². The highest BCUT2D eigenvalue weighted by molar-refractivity contribution is 5.95. The fourth-order valence-corrected chi connectivity index (χ4v) is 2.81. The lowest BCUT2D eigenvalue weighted by Gasteiger charge is -2.33. The summed E-state index contributed by atoms with van der Waals surface area (Å²) in [7, 11) is 0. The predicted molar refractivity (Wildman–Crippen MR) is 92.7 cm³/mol. The van der Waals surface area contributed by atoms with Crippen molar-refractivity contribution in [3.8, 4) is 0 Å². The van der Waals surface area contributed by atoms with Gasteiger partial charge in [0.05, 0.1) is 5.56 Å². The van der Waals surface area contributed by atoms with Gasteiger partial charge in [-0.05, 0) is 36.6 Å². The summed E-state index contributed by atoms with van der Waals surface area (Å²) >= 11 is 0. The van der Waals surface area contributed by atoms with E-state index < -0.39 is 35.4 Å². The molecular weight excluding hydrogens is 404 g/mol. The Morgan fingerprint density at radius 2 is 1.83 bits per heavy atom. The van der Waals surface area contributed by atoms with Gasteiger partial charge in [-0.15, -0.1) is 0 Å². The van der Waals surface area contributed by atoms with Crippen LogP contribution in [0.4, 0.5) is 26.3 Å². The second-order valence-corrected chi connectivity index (χ2v) is 6.37. The fourth-order valence-electron chi connectivity index (χ4n) is 2.81. The zero-order valence-electron chi connectivity index (χ0n) is 15.2. The number of fused-ring (bicyclic) bond motifs is 1. The highest BCUT2D eigenvalue weighted by atomic mass is 19.4. The Labute approximate surface area is 161 Å². The molecule has 5 nitrogen and oxygen atoms in total. The van der Waals surface area contributed by atoms with Gasteiger partial charge < -0.3 is 15.7 Å². The van der Waals surface area contributed by atoms with Gasteiger partial charge in [0.15, 0.2) is 5.70 Å². The normalized spacial score (nSPS) is 16.2. The van der Waals surface area contributed by atoms with Crippen molar-refractivity contribution in [2.45, 2.75) is 32.2 Å². The van der Waals surface area contributed by atoms with Gasteiger partial charge in [-0.2, -0.15) is 26.3 Å². The highest BCUT2D eigenvalue weighted by Crippen LogP contribution is 2.33. The number of aliphatic imine (C=N–C) groups is 1. The summed E-state index contributed by atoms with van der Waals surface area (Å²) in [6, 6.07) is 3.34. The van der Waals surface area contributed by atoms with Gasteiger partial charge >= 0.3 is 18.3 Å². The molecule has 0 saturated carbocycles. The van der Waals surface area contributed by atoms with Crippen LogP contribution in [0.25, 0.3) is 0 Å². The Balaban J connectivity index is 2.36. The number of hydrogen-bond acceptors (Lipinski definition) is 3. The average molecular weight is 421 g/mol. The lowest BCUT2D eigenvalue weighted by Crippen LogP contribution is -2.33. The number of amidine groups is 1. The van der Waals surface area contributed by atoms with E-state index in [1.54, 1.807) is 0 Å². The molecule has 1 aromatic carbocycles. The van der Waals surface area contributed by atoms with Crippen LogP contribution in [0.1, 0.15) is 23.6 Å². The minimum absolute atomic E-state index is 0.0131. The first kappa shape index (κ1) is 22.3. The van der Waals surface area contributed by atoms with Crippen LogP contribution in [0.15, 0.2) is 46.7 Å². The molecule has 1 aliphatic heterocycles. The molecule has 0 aliphatic carbocycles. The summed E-state index contributed by atoms with van der Waals surface area (Å²) in [4.78, 5) is 15.8. The van der Waals surface area contributed by atoms with Crippen LogP contribution < -0.4 is 5.73 Å². The Morgan fingerprint density at radius 1 is 1.21 bits per heavy atom. The van der Waals surface area contributed by atoms with Gasteiger partial charge in [-0.1, -0.05) is 12.6 Å². The summed E-state index contributed by atoms with van der Waals surface area (Å²) < 4.78 is 76.6. The number of carbonyl (C=O) groups is 1. The SMILES string of the molecule is C=C(/C(C)=C(\N=C(/N)C(F)(F)F)C(=O)O)N1CCc2ccc(C(F)(F)F)cc2C1. The van der Waals surface area contributed by atoms with Crippen LogP contribution in [0, 0.1) is 0 Å². The predicted octanol–water partition coefficient (Wildman–Crippen LogP) is 3.86. The zero-order chi connectivity index (χ0) is 22.1. The third kappa shape index (κ3) is 5.09. The van der Waals surface area contributed by atoms with Crippen LogP contribution >= 0.6 is 0 Å². The van der Waals surface area contributed by atoms with Crippen LogP contribution in [0.5, 0.6) is 0 Å². The molecule has 2 rings (SSSR count). The number of halogens is 6.